The molecular weight excluding hydrogens is 219 g/mol. The van der Waals surface area contributed by atoms with Gasteiger partial charge in [-0.05, 0) is 29.5 Å². The van der Waals surface area contributed by atoms with Gasteiger partial charge in [-0.2, -0.15) is 0 Å². The van der Waals surface area contributed by atoms with E-state index in [2.05, 4.69) is 12.1 Å². The number of rotatable bonds is 1. The van der Waals surface area contributed by atoms with Crippen molar-refractivity contribution in [1.82, 2.24) is 0 Å². The van der Waals surface area contributed by atoms with E-state index in [9.17, 15) is 10.0 Å². The summed E-state index contributed by atoms with van der Waals surface area (Å²) in [6.07, 6.45) is 4.61. The topological polar surface area (TPSA) is 40.5 Å². The van der Waals surface area contributed by atoms with Crippen LogP contribution in [0.4, 0.5) is 0 Å². The highest BCUT2D eigenvalue weighted by atomic mass is 32.1. The molecule has 80 valence electrons. The Morgan fingerprint density at radius 3 is 2.88 bits per heavy atom. The first-order valence-electron chi connectivity index (χ1n) is 5.30. The first kappa shape index (κ1) is 10.1. The van der Waals surface area contributed by atoms with Crippen molar-refractivity contribution in [2.24, 2.45) is 0 Å². The summed E-state index contributed by atoms with van der Waals surface area (Å²) in [6, 6.07) is 8.27. The van der Waals surface area contributed by atoms with Gasteiger partial charge in [-0.25, -0.2) is 0 Å². The molecule has 4 heteroatoms. The first-order chi connectivity index (χ1) is 7.75. The fourth-order valence-electron chi connectivity index (χ4n) is 2.18. The minimum atomic E-state index is -1.26. The molecule has 0 fully saturated rings. The van der Waals surface area contributed by atoms with Crippen LogP contribution in [0.3, 0.4) is 0 Å². The molecule has 1 aromatic carbocycles. The van der Waals surface area contributed by atoms with Crippen molar-refractivity contribution < 1.29 is 10.0 Å². The van der Waals surface area contributed by atoms with Gasteiger partial charge in [0.25, 0.3) is 0 Å². The van der Waals surface area contributed by atoms with Crippen LogP contribution >= 0.6 is 11.3 Å². The van der Waals surface area contributed by atoms with Crippen LogP contribution in [0.25, 0.3) is 16.2 Å². The third-order valence-electron chi connectivity index (χ3n) is 3.05. The van der Waals surface area contributed by atoms with E-state index in [1.807, 2.05) is 24.3 Å². The van der Waals surface area contributed by atoms with Gasteiger partial charge in [0.15, 0.2) is 0 Å². The summed E-state index contributed by atoms with van der Waals surface area (Å²) in [5.74, 6) is -0.175. The molecule has 1 heterocycles. The standard InChI is InChI=1S/C12H11BO2S/c14-13(15)8-5-6-12-10(7-8)9-3-1-2-4-11(9)16-12/h1-6,8,14-15H,7H2. The second kappa shape index (κ2) is 3.73. The van der Waals surface area contributed by atoms with Crippen LogP contribution in [0.2, 0.25) is 5.82 Å². The van der Waals surface area contributed by atoms with Crippen molar-refractivity contribution in [2.75, 3.05) is 0 Å². The Balaban J connectivity index is 2.14. The fraction of sp³-hybridized carbons (Fsp3) is 0.167. The molecule has 0 aliphatic heterocycles. The molecule has 1 atom stereocenters. The molecule has 2 nitrogen and oxygen atoms in total. The lowest BCUT2D eigenvalue weighted by Gasteiger charge is -2.15. The number of thiophene rings is 1. The quantitative estimate of drug-likeness (QED) is 0.738. The molecule has 0 saturated carbocycles. The maximum Gasteiger partial charge on any atom is 0.459 e. The van der Waals surface area contributed by atoms with Gasteiger partial charge in [0, 0.05) is 15.4 Å². The van der Waals surface area contributed by atoms with Gasteiger partial charge in [-0.15, -0.1) is 11.3 Å². The van der Waals surface area contributed by atoms with Crippen molar-refractivity contribution in [3.8, 4) is 0 Å². The molecule has 0 spiro atoms. The van der Waals surface area contributed by atoms with E-state index in [1.165, 1.54) is 20.5 Å². The lowest BCUT2D eigenvalue weighted by atomic mass is 9.68. The Morgan fingerprint density at radius 2 is 2.06 bits per heavy atom. The Labute approximate surface area is 98.0 Å². The van der Waals surface area contributed by atoms with Crippen molar-refractivity contribution >= 4 is 34.6 Å². The summed E-state index contributed by atoms with van der Waals surface area (Å²) in [5, 5.41) is 19.7. The normalized spacial score (nSPS) is 18.8. The summed E-state index contributed by atoms with van der Waals surface area (Å²) in [6.45, 7) is 0. The Bertz CT molecular complexity index is 559. The number of benzene rings is 1. The summed E-state index contributed by atoms with van der Waals surface area (Å²) in [4.78, 5) is 1.25. The molecule has 1 aromatic heterocycles. The third-order valence-corrected chi connectivity index (χ3v) is 4.23. The molecule has 2 N–H and O–H groups in total. The predicted octanol–water partition coefficient (Wildman–Crippen LogP) is 2.31. The van der Waals surface area contributed by atoms with Crippen molar-refractivity contribution in [3.05, 3.63) is 40.8 Å². The molecule has 0 radical (unpaired) electrons. The smallest absolute Gasteiger partial charge is 0.427 e. The Kier molecular flexibility index (Phi) is 2.35. The van der Waals surface area contributed by atoms with Crippen LogP contribution < -0.4 is 0 Å². The van der Waals surface area contributed by atoms with Gasteiger partial charge in [-0.3, -0.25) is 0 Å². The van der Waals surface area contributed by atoms with Crippen molar-refractivity contribution in [2.45, 2.75) is 12.2 Å². The van der Waals surface area contributed by atoms with E-state index >= 15 is 0 Å². The van der Waals surface area contributed by atoms with E-state index < -0.39 is 7.12 Å². The average Bonchev–Trinajstić information content (AvgIpc) is 2.66. The number of allylic oxidation sites excluding steroid dienone is 1. The van der Waals surface area contributed by atoms with Crippen molar-refractivity contribution in [3.63, 3.8) is 0 Å². The summed E-state index contributed by atoms with van der Waals surface area (Å²) >= 11 is 1.76. The van der Waals surface area contributed by atoms with Crippen LogP contribution in [0.5, 0.6) is 0 Å². The fourth-order valence-corrected chi connectivity index (χ4v) is 3.33. The first-order valence-corrected chi connectivity index (χ1v) is 6.12. The predicted molar refractivity (Wildman–Crippen MR) is 68.5 cm³/mol. The van der Waals surface area contributed by atoms with Gasteiger partial charge in [0.1, 0.15) is 0 Å². The Hall–Kier alpha value is -1.10. The van der Waals surface area contributed by atoms with Crippen molar-refractivity contribution in [1.29, 1.82) is 0 Å². The monoisotopic (exact) mass is 230 g/mol. The Morgan fingerprint density at radius 1 is 1.25 bits per heavy atom. The lowest BCUT2D eigenvalue weighted by molar-refractivity contribution is 0.393. The van der Waals surface area contributed by atoms with Crippen LogP contribution in [0.1, 0.15) is 10.4 Å². The molecule has 0 bridgehead atoms. The second-order valence-electron chi connectivity index (χ2n) is 4.08. The van der Waals surface area contributed by atoms with E-state index in [0.717, 1.165) is 0 Å². The second-order valence-corrected chi connectivity index (χ2v) is 5.17. The van der Waals surface area contributed by atoms with Gasteiger partial charge in [0.2, 0.25) is 0 Å². The minimum Gasteiger partial charge on any atom is -0.427 e. The van der Waals surface area contributed by atoms with Crippen LogP contribution in [-0.2, 0) is 6.42 Å². The van der Waals surface area contributed by atoms with Gasteiger partial charge in [-0.1, -0.05) is 24.3 Å². The molecule has 1 aliphatic rings. The minimum absolute atomic E-state index is 0.175. The molecule has 1 aliphatic carbocycles. The lowest BCUT2D eigenvalue weighted by Crippen LogP contribution is -2.21. The largest absolute Gasteiger partial charge is 0.459 e. The summed E-state index contributed by atoms with van der Waals surface area (Å²) in [7, 11) is -1.26. The molecule has 0 saturated heterocycles. The zero-order valence-electron chi connectivity index (χ0n) is 8.63. The van der Waals surface area contributed by atoms with Gasteiger partial charge < -0.3 is 10.0 Å². The van der Waals surface area contributed by atoms with Gasteiger partial charge >= 0.3 is 7.12 Å². The number of fused-ring (bicyclic) bond motifs is 3. The van der Waals surface area contributed by atoms with Crippen LogP contribution in [0, 0.1) is 0 Å². The summed E-state index contributed by atoms with van der Waals surface area (Å²) < 4.78 is 1.27. The number of hydrogen-bond donors (Lipinski definition) is 2. The molecule has 3 rings (SSSR count). The highest BCUT2D eigenvalue weighted by Gasteiger charge is 2.26. The van der Waals surface area contributed by atoms with Gasteiger partial charge in [0.05, 0.1) is 0 Å². The summed E-state index contributed by atoms with van der Waals surface area (Å²) in [5.41, 5.74) is 1.25. The average molecular weight is 230 g/mol. The molecule has 2 aromatic rings. The highest BCUT2D eigenvalue weighted by Crippen LogP contribution is 2.38. The van der Waals surface area contributed by atoms with E-state index in [1.54, 1.807) is 11.3 Å². The maximum atomic E-state index is 9.22. The SMILES string of the molecule is OB(O)C1C=Cc2sc3ccccc3c2C1. The van der Waals surface area contributed by atoms with E-state index in [4.69, 9.17) is 0 Å². The molecule has 1 unspecified atom stereocenters. The number of hydrogen-bond acceptors (Lipinski definition) is 3. The maximum absolute atomic E-state index is 9.22. The molecular formula is C12H11BO2S. The zero-order valence-corrected chi connectivity index (χ0v) is 9.45. The third kappa shape index (κ3) is 1.50. The highest BCUT2D eigenvalue weighted by molar-refractivity contribution is 7.20. The van der Waals surface area contributed by atoms with Crippen LogP contribution in [-0.4, -0.2) is 17.2 Å². The van der Waals surface area contributed by atoms with Crippen LogP contribution in [0.15, 0.2) is 30.3 Å². The molecule has 16 heavy (non-hydrogen) atoms. The van der Waals surface area contributed by atoms with E-state index in [0.29, 0.717) is 6.42 Å². The van der Waals surface area contributed by atoms with E-state index in [-0.39, 0.29) is 5.82 Å². The zero-order chi connectivity index (χ0) is 11.1. The molecule has 0 amide bonds.